The van der Waals surface area contributed by atoms with E-state index in [4.69, 9.17) is 0 Å². The molecule has 7 nitrogen and oxygen atoms in total. The smallest absolute Gasteiger partial charge is 0.326 e. The lowest BCUT2D eigenvalue weighted by Crippen LogP contribution is -2.43. The van der Waals surface area contributed by atoms with Crippen molar-refractivity contribution in [1.82, 2.24) is 4.31 Å². The molecule has 0 radical (unpaired) electrons. The maximum absolute atomic E-state index is 13.6. The van der Waals surface area contributed by atoms with Gasteiger partial charge in [0.25, 0.3) is 0 Å². The Morgan fingerprint density at radius 3 is 2.47 bits per heavy atom. The second-order valence-corrected chi connectivity index (χ2v) is 11.6. The van der Waals surface area contributed by atoms with Crippen molar-refractivity contribution in [3.63, 3.8) is 0 Å². The van der Waals surface area contributed by atoms with Crippen LogP contribution < -0.4 is 10.2 Å². The first-order valence-electron chi connectivity index (χ1n) is 11.5. The standard InChI is InChI=1S/C24H25BrF3N3O4S/c1-2-22(32)31-11-9-15-12-19(25)21(13-20(15)31)36(34,35)30-10-3-4-16(14-30)23(33)29-18-7-5-17(6-8-18)24(26,27)28/h5-8,12-13,16H,2-4,9-11,14H2,1H3,(H,29,33)/t16-/m0/s1. The number of nitrogens with zero attached hydrogens (tertiary/aromatic N) is 2. The second-order valence-electron chi connectivity index (χ2n) is 8.83. The topological polar surface area (TPSA) is 86.8 Å². The van der Waals surface area contributed by atoms with Crippen LogP contribution >= 0.6 is 15.9 Å². The zero-order chi connectivity index (χ0) is 26.3. The molecule has 1 fully saturated rings. The van der Waals surface area contributed by atoms with Gasteiger partial charge in [-0.05, 0) is 77.2 Å². The summed E-state index contributed by atoms with van der Waals surface area (Å²) < 4.78 is 67.1. The van der Waals surface area contributed by atoms with Crippen LogP contribution in [0.3, 0.4) is 0 Å². The molecule has 0 saturated carbocycles. The number of fused-ring (bicyclic) bond motifs is 1. The third-order valence-electron chi connectivity index (χ3n) is 6.48. The molecule has 1 atom stereocenters. The lowest BCUT2D eigenvalue weighted by Gasteiger charge is -2.31. The van der Waals surface area contributed by atoms with Gasteiger partial charge in [-0.2, -0.15) is 17.5 Å². The van der Waals surface area contributed by atoms with E-state index in [1.54, 1.807) is 17.9 Å². The highest BCUT2D eigenvalue weighted by molar-refractivity contribution is 9.10. The summed E-state index contributed by atoms with van der Waals surface area (Å²) in [5, 5.41) is 2.59. The zero-order valence-electron chi connectivity index (χ0n) is 19.4. The van der Waals surface area contributed by atoms with E-state index < -0.39 is 33.6 Å². The summed E-state index contributed by atoms with van der Waals surface area (Å²) in [6, 6.07) is 7.34. The molecule has 2 heterocycles. The van der Waals surface area contributed by atoms with E-state index in [0.29, 0.717) is 42.4 Å². The normalized spacial score (nSPS) is 18.7. The summed E-state index contributed by atoms with van der Waals surface area (Å²) in [7, 11) is -3.99. The van der Waals surface area contributed by atoms with Crippen molar-refractivity contribution in [2.24, 2.45) is 5.92 Å². The molecular weight excluding hydrogens is 563 g/mol. The van der Waals surface area contributed by atoms with Gasteiger partial charge in [0.2, 0.25) is 21.8 Å². The Hall–Kier alpha value is -2.44. The number of anilines is 2. The molecule has 0 bridgehead atoms. The number of hydrogen-bond acceptors (Lipinski definition) is 4. The fourth-order valence-corrected chi connectivity index (χ4v) is 7.13. The molecule has 12 heteroatoms. The van der Waals surface area contributed by atoms with Crippen LogP contribution in [0.4, 0.5) is 24.5 Å². The lowest BCUT2D eigenvalue weighted by atomic mass is 9.98. The number of carbonyl (C=O) groups is 2. The highest BCUT2D eigenvalue weighted by atomic mass is 79.9. The summed E-state index contributed by atoms with van der Waals surface area (Å²) >= 11 is 3.37. The Bertz CT molecular complexity index is 1280. The maximum atomic E-state index is 13.6. The average molecular weight is 588 g/mol. The van der Waals surface area contributed by atoms with Crippen LogP contribution in [0, 0.1) is 5.92 Å². The van der Waals surface area contributed by atoms with Crippen LogP contribution in [-0.4, -0.2) is 44.2 Å². The van der Waals surface area contributed by atoms with E-state index in [1.807, 2.05) is 0 Å². The van der Waals surface area contributed by atoms with Crippen molar-refractivity contribution in [1.29, 1.82) is 0 Å². The van der Waals surface area contributed by atoms with Gasteiger partial charge in [0.05, 0.1) is 16.4 Å². The summed E-state index contributed by atoms with van der Waals surface area (Å²) in [6.45, 7) is 2.41. The molecule has 0 unspecified atom stereocenters. The zero-order valence-corrected chi connectivity index (χ0v) is 21.8. The molecule has 0 aliphatic carbocycles. The Balaban J connectivity index is 1.51. The van der Waals surface area contributed by atoms with E-state index >= 15 is 0 Å². The summed E-state index contributed by atoms with van der Waals surface area (Å²) in [6.07, 6.45) is -2.64. The molecule has 1 N–H and O–H groups in total. The average Bonchev–Trinajstić information content (AvgIpc) is 3.25. The molecular formula is C24H25BrF3N3O4S. The van der Waals surface area contributed by atoms with E-state index in [0.717, 1.165) is 17.7 Å². The van der Waals surface area contributed by atoms with Crippen molar-refractivity contribution in [3.05, 3.63) is 52.0 Å². The molecule has 4 rings (SSSR count). The second kappa shape index (κ2) is 10.1. The fourth-order valence-electron chi connectivity index (χ4n) is 4.54. The molecule has 2 aromatic carbocycles. The van der Waals surface area contributed by atoms with Crippen molar-refractivity contribution in [3.8, 4) is 0 Å². The third-order valence-corrected chi connectivity index (χ3v) is 9.31. The number of carbonyl (C=O) groups excluding carboxylic acids is 2. The van der Waals surface area contributed by atoms with Crippen LogP contribution in [0.15, 0.2) is 45.8 Å². The van der Waals surface area contributed by atoms with Gasteiger partial charge in [0, 0.05) is 41.9 Å². The largest absolute Gasteiger partial charge is 0.416 e. The van der Waals surface area contributed by atoms with Crippen LogP contribution in [0.5, 0.6) is 0 Å². The minimum Gasteiger partial charge on any atom is -0.326 e. The van der Waals surface area contributed by atoms with Crippen LogP contribution in [0.2, 0.25) is 0 Å². The van der Waals surface area contributed by atoms with Crippen molar-refractivity contribution < 1.29 is 31.2 Å². The molecule has 1 saturated heterocycles. The number of nitrogens with one attached hydrogen (secondary N) is 1. The lowest BCUT2D eigenvalue weighted by molar-refractivity contribution is -0.137. The van der Waals surface area contributed by atoms with Crippen LogP contribution in [-0.2, 0) is 32.2 Å². The van der Waals surface area contributed by atoms with Gasteiger partial charge in [-0.1, -0.05) is 6.92 Å². The molecule has 0 aromatic heterocycles. The number of halogens is 4. The summed E-state index contributed by atoms with van der Waals surface area (Å²) in [4.78, 5) is 26.8. The summed E-state index contributed by atoms with van der Waals surface area (Å²) in [5.41, 5.74) is 0.844. The number of sulfonamides is 1. The number of hydrogen-bond donors (Lipinski definition) is 1. The third kappa shape index (κ3) is 5.30. The Morgan fingerprint density at radius 2 is 1.83 bits per heavy atom. The number of rotatable bonds is 5. The first kappa shape index (κ1) is 26.6. The minimum atomic E-state index is -4.48. The number of amides is 2. The van der Waals surface area contributed by atoms with E-state index in [1.165, 1.54) is 22.5 Å². The number of piperidine rings is 1. The Kier molecular flexibility index (Phi) is 7.50. The van der Waals surface area contributed by atoms with E-state index in [-0.39, 0.29) is 29.6 Å². The molecule has 2 aliphatic rings. The molecule has 0 spiro atoms. The Morgan fingerprint density at radius 1 is 1.14 bits per heavy atom. The van der Waals surface area contributed by atoms with Gasteiger partial charge in [-0.25, -0.2) is 8.42 Å². The van der Waals surface area contributed by atoms with Gasteiger partial charge in [-0.3, -0.25) is 9.59 Å². The van der Waals surface area contributed by atoms with E-state index in [2.05, 4.69) is 21.2 Å². The molecule has 36 heavy (non-hydrogen) atoms. The first-order valence-corrected chi connectivity index (χ1v) is 13.8. The van der Waals surface area contributed by atoms with Crippen LogP contribution in [0.25, 0.3) is 0 Å². The first-order chi connectivity index (χ1) is 16.9. The quantitative estimate of drug-likeness (QED) is 0.544. The van der Waals surface area contributed by atoms with E-state index in [9.17, 15) is 31.2 Å². The van der Waals surface area contributed by atoms with Gasteiger partial charge in [-0.15, -0.1) is 0 Å². The molecule has 2 aliphatic heterocycles. The molecule has 2 amide bonds. The fraction of sp³-hybridized carbons (Fsp3) is 0.417. The van der Waals surface area contributed by atoms with Crippen molar-refractivity contribution >= 4 is 49.1 Å². The number of alkyl halides is 3. The summed E-state index contributed by atoms with van der Waals surface area (Å²) in [5.74, 6) is -1.21. The van der Waals surface area contributed by atoms with Crippen molar-refractivity contribution in [2.75, 3.05) is 29.9 Å². The van der Waals surface area contributed by atoms with Crippen molar-refractivity contribution in [2.45, 2.75) is 43.7 Å². The van der Waals surface area contributed by atoms with Gasteiger partial charge in [0.1, 0.15) is 0 Å². The SMILES string of the molecule is CCC(=O)N1CCc2cc(Br)c(S(=O)(=O)N3CCC[C@H](C(=O)Nc4ccc(C(F)(F)F)cc4)C3)cc21. The molecule has 2 aromatic rings. The molecule has 194 valence electrons. The van der Waals surface area contributed by atoms with Crippen LogP contribution in [0.1, 0.15) is 37.3 Å². The minimum absolute atomic E-state index is 0.0286. The van der Waals surface area contributed by atoms with Gasteiger partial charge >= 0.3 is 6.18 Å². The number of benzene rings is 2. The van der Waals surface area contributed by atoms with Gasteiger partial charge < -0.3 is 10.2 Å². The highest BCUT2D eigenvalue weighted by Crippen LogP contribution is 2.38. The highest BCUT2D eigenvalue weighted by Gasteiger charge is 2.36. The Labute approximate surface area is 215 Å². The predicted octanol–water partition coefficient (Wildman–Crippen LogP) is 4.81. The van der Waals surface area contributed by atoms with Gasteiger partial charge in [0.15, 0.2) is 0 Å². The maximum Gasteiger partial charge on any atom is 0.416 e. The monoisotopic (exact) mass is 587 g/mol. The predicted molar refractivity (Wildman–Crippen MR) is 132 cm³/mol.